The fourth-order valence-electron chi connectivity index (χ4n) is 2.05. The molecule has 0 aromatic heterocycles. The molecule has 19 heavy (non-hydrogen) atoms. The average molecular weight is 262 g/mol. The maximum Gasteiger partial charge on any atom is -0.0169 e. The Labute approximate surface area is 121 Å². The van der Waals surface area contributed by atoms with Gasteiger partial charge in [-0.3, -0.25) is 0 Å². The molecule has 0 N–H and O–H groups in total. The first kappa shape index (κ1) is 18.2. The van der Waals surface area contributed by atoms with E-state index in [2.05, 4.69) is 50.3 Å². The van der Waals surface area contributed by atoms with Crippen molar-refractivity contribution < 1.29 is 0 Å². The lowest BCUT2D eigenvalue weighted by molar-refractivity contribution is 0.592. The van der Waals surface area contributed by atoms with Crippen LogP contribution in [0.2, 0.25) is 0 Å². The topological polar surface area (TPSA) is 0 Å². The molecule has 0 rings (SSSR count). The van der Waals surface area contributed by atoms with Gasteiger partial charge in [0.1, 0.15) is 0 Å². The van der Waals surface area contributed by atoms with Gasteiger partial charge >= 0.3 is 0 Å². The first-order valence-electron chi connectivity index (χ1n) is 8.36. The first-order chi connectivity index (χ1) is 9.41. The Morgan fingerprint density at radius 2 is 1.05 bits per heavy atom. The second-order valence-electron chi connectivity index (χ2n) is 5.20. The van der Waals surface area contributed by atoms with Gasteiger partial charge in [-0.2, -0.15) is 0 Å². The van der Waals surface area contributed by atoms with Gasteiger partial charge in [-0.1, -0.05) is 88.8 Å². The molecule has 0 heteroatoms. The smallest absolute Gasteiger partial charge is 0.0169 e. The van der Waals surface area contributed by atoms with Crippen molar-refractivity contribution in [1.82, 2.24) is 0 Å². The van der Waals surface area contributed by atoms with E-state index in [4.69, 9.17) is 0 Å². The molecule has 0 aromatic carbocycles. The summed E-state index contributed by atoms with van der Waals surface area (Å²) in [5.41, 5.74) is 0. The maximum absolute atomic E-state index is 2.35. The monoisotopic (exact) mass is 262 g/mol. The van der Waals surface area contributed by atoms with Gasteiger partial charge in [-0.15, -0.1) is 0 Å². The first-order valence-corrected chi connectivity index (χ1v) is 8.36. The lowest BCUT2D eigenvalue weighted by Crippen LogP contribution is -1.78. The molecule has 0 atom stereocenters. The Morgan fingerprint density at radius 1 is 0.526 bits per heavy atom. The Kier molecular flexibility index (Phi) is 16.5. The third-order valence-corrected chi connectivity index (χ3v) is 3.25. The van der Waals surface area contributed by atoms with E-state index in [1.165, 1.54) is 51.4 Å². The van der Waals surface area contributed by atoms with Crippen molar-refractivity contribution in [1.29, 1.82) is 0 Å². The van der Waals surface area contributed by atoms with Gasteiger partial charge < -0.3 is 0 Å². The molecule has 0 heterocycles. The molecule has 0 saturated heterocycles. The Morgan fingerprint density at radius 3 is 1.68 bits per heavy atom. The summed E-state index contributed by atoms with van der Waals surface area (Å²) >= 11 is 0. The molecule has 0 bridgehead atoms. The minimum absolute atomic E-state index is 1.08. The van der Waals surface area contributed by atoms with E-state index in [-0.39, 0.29) is 0 Å². The Hall–Kier alpha value is -0.780. The largest absolute Gasteiger partial charge is 0.0885 e. The second kappa shape index (κ2) is 17.2. The highest BCUT2D eigenvalue weighted by molar-refractivity contribution is 4.96. The van der Waals surface area contributed by atoms with Crippen LogP contribution in [0.15, 0.2) is 36.5 Å². The fourth-order valence-corrected chi connectivity index (χ4v) is 2.05. The molecule has 0 unspecified atom stereocenters. The van der Waals surface area contributed by atoms with Crippen LogP contribution in [0.1, 0.15) is 84.5 Å². The standard InChI is InChI=1S/C19H34/c1-3-5-7-9-11-13-15-17-19-18-16-14-12-10-8-6-4-2/h5,7,11,13,17,19H,3-4,6,8-10,12,14-16,18H2,1-2H3/b7-5-,13-11-,19-17?. The summed E-state index contributed by atoms with van der Waals surface area (Å²) in [6.45, 7) is 4.45. The highest BCUT2D eigenvalue weighted by Gasteiger charge is 1.88. The Bertz CT molecular complexity index is 232. The summed E-state index contributed by atoms with van der Waals surface area (Å²) in [6, 6.07) is 0. The van der Waals surface area contributed by atoms with Gasteiger partial charge in [0.05, 0.1) is 0 Å². The molecular weight excluding hydrogens is 228 g/mol. The van der Waals surface area contributed by atoms with Crippen LogP contribution in [-0.2, 0) is 0 Å². The zero-order valence-electron chi connectivity index (χ0n) is 13.2. The van der Waals surface area contributed by atoms with E-state index in [1.807, 2.05) is 0 Å². The van der Waals surface area contributed by atoms with Crippen molar-refractivity contribution in [3.05, 3.63) is 36.5 Å². The van der Waals surface area contributed by atoms with Crippen LogP contribution in [0.5, 0.6) is 0 Å². The second-order valence-corrected chi connectivity index (χ2v) is 5.20. The van der Waals surface area contributed by atoms with Crippen molar-refractivity contribution >= 4 is 0 Å². The summed E-state index contributed by atoms with van der Waals surface area (Å²) < 4.78 is 0. The summed E-state index contributed by atoms with van der Waals surface area (Å²) in [6.07, 6.45) is 28.0. The lowest BCUT2D eigenvalue weighted by Gasteiger charge is -1.98. The normalized spacial score (nSPS) is 12.3. The predicted molar refractivity (Wildman–Crippen MR) is 89.6 cm³/mol. The van der Waals surface area contributed by atoms with E-state index >= 15 is 0 Å². The maximum atomic E-state index is 2.35. The molecular formula is C19H34. The molecule has 0 radical (unpaired) electrons. The van der Waals surface area contributed by atoms with E-state index in [0.717, 1.165) is 19.3 Å². The fraction of sp³-hybridized carbons (Fsp3) is 0.684. The highest BCUT2D eigenvalue weighted by Crippen LogP contribution is 2.08. The minimum Gasteiger partial charge on any atom is -0.0885 e. The van der Waals surface area contributed by atoms with E-state index in [9.17, 15) is 0 Å². The van der Waals surface area contributed by atoms with E-state index in [0.29, 0.717) is 0 Å². The molecule has 0 aliphatic carbocycles. The van der Waals surface area contributed by atoms with E-state index < -0.39 is 0 Å². The Balaban J connectivity index is 3.19. The third kappa shape index (κ3) is 17.2. The number of allylic oxidation sites excluding steroid dienone is 6. The van der Waals surface area contributed by atoms with Crippen LogP contribution in [0, 0.1) is 0 Å². The van der Waals surface area contributed by atoms with Crippen LogP contribution >= 0.6 is 0 Å². The minimum atomic E-state index is 1.08. The van der Waals surface area contributed by atoms with Gasteiger partial charge in [0.2, 0.25) is 0 Å². The van der Waals surface area contributed by atoms with Crippen LogP contribution in [0.4, 0.5) is 0 Å². The van der Waals surface area contributed by atoms with Crippen LogP contribution in [-0.4, -0.2) is 0 Å². The van der Waals surface area contributed by atoms with Crippen LogP contribution in [0.3, 0.4) is 0 Å². The zero-order chi connectivity index (χ0) is 14.0. The summed E-state index contributed by atoms with van der Waals surface area (Å²) in [5, 5.41) is 0. The molecule has 0 aromatic rings. The summed E-state index contributed by atoms with van der Waals surface area (Å²) in [7, 11) is 0. The summed E-state index contributed by atoms with van der Waals surface area (Å²) in [5.74, 6) is 0. The summed E-state index contributed by atoms with van der Waals surface area (Å²) in [4.78, 5) is 0. The van der Waals surface area contributed by atoms with Crippen LogP contribution in [0.25, 0.3) is 0 Å². The SMILES string of the molecule is CC/C=C\C/C=C\CC=CCCCCCCCCC. The molecule has 110 valence electrons. The van der Waals surface area contributed by atoms with Crippen molar-refractivity contribution in [2.75, 3.05) is 0 Å². The van der Waals surface area contributed by atoms with Gasteiger partial charge in [-0.25, -0.2) is 0 Å². The molecule has 0 amide bonds. The molecule has 0 saturated carbocycles. The van der Waals surface area contributed by atoms with Gasteiger partial charge in [-0.05, 0) is 32.1 Å². The molecule has 0 fully saturated rings. The van der Waals surface area contributed by atoms with Gasteiger partial charge in [0, 0.05) is 0 Å². The molecule has 0 aliphatic heterocycles. The predicted octanol–water partition coefficient (Wildman–Crippen LogP) is 6.99. The number of unbranched alkanes of at least 4 members (excludes halogenated alkanes) is 7. The van der Waals surface area contributed by atoms with Crippen molar-refractivity contribution in [2.45, 2.75) is 84.5 Å². The molecule has 0 nitrogen and oxygen atoms in total. The molecule has 0 spiro atoms. The van der Waals surface area contributed by atoms with Crippen molar-refractivity contribution in [2.24, 2.45) is 0 Å². The highest BCUT2D eigenvalue weighted by atomic mass is 13.9. The lowest BCUT2D eigenvalue weighted by atomic mass is 10.1. The number of hydrogen-bond donors (Lipinski definition) is 0. The van der Waals surface area contributed by atoms with Crippen molar-refractivity contribution in [3.63, 3.8) is 0 Å². The third-order valence-electron chi connectivity index (χ3n) is 3.25. The van der Waals surface area contributed by atoms with Gasteiger partial charge in [0.15, 0.2) is 0 Å². The van der Waals surface area contributed by atoms with Crippen molar-refractivity contribution in [3.8, 4) is 0 Å². The van der Waals surface area contributed by atoms with Gasteiger partial charge in [0.25, 0.3) is 0 Å². The number of hydrogen-bond acceptors (Lipinski definition) is 0. The number of rotatable bonds is 13. The van der Waals surface area contributed by atoms with Crippen LogP contribution < -0.4 is 0 Å². The molecule has 0 aliphatic rings. The average Bonchev–Trinajstić information content (AvgIpc) is 2.43. The van der Waals surface area contributed by atoms with E-state index in [1.54, 1.807) is 0 Å². The quantitative estimate of drug-likeness (QED) is 0.248. The zero-order valence-corrected chi connectivity index (χ0v) is 13.2.